The summed E-state index contributed by atoms with van der Waals surface area (Å²) in [6, 6.07) is 6.64. The topological polar surface area (TPSA) is 63.7 Å². The molecule has 2 amide bonds. The van der Waals surface area contributed by atoms with E-state index >= 15 is 0 Å². The zero-order valence-corrected chi connectivity index (χ0v) is 19.8. The van der Waals surface area contributed by atoms with Crippen LogP contribution < -0.4 is 9.64 Å². The minimum absolute atomic E-state index is 0.138. The molecule has 29 heavy (non-hydrogen) atoms. The van der Waals surface area contributed by atoms with Crippen molar-refractivity contribution in [2.75, 3.05) is 4.90 Å². The molecule has 2 aliphatic rings. The molecule has 2 fully saturated rings. The van der Waals surface area contributed by atoms with E-state index in [0.29, 0.717) is 30.7 Å². The second-order valence-corrected chi connectivity index (χ2v) is 10.2. The van der Waals surface area contributed by atoms with Crippen LogP contribution in [0.25, 0.3) is 0 Å². The first-order valence-electron chi connectivity index (χ1n) is 10.4. The molecule has 1 aliphatic heterocycles. The predicted molar refractivity (Wildman–Crippen MR) is 120 cm³/mol. The first-order valence-corrected chi connectivity index (χ1v) is 12.2. The second kappa shape index (κ2) is 10.2. The van der Waals surface area contributed by atoms with Gasteiger partial charge in [0.1, 0.15) is 5.75 Å². The molecule has 0 bridgehead atoms. The van der Waals surface area contributed by atoms with Crippen molar-refractivity contribution in [3.63, 3.8) is 0 Å². The van der Waals surface area contributed by atoms with Crippen LogP contribution in [0.3, 0.4) is 0 Å². The third-order valence-corrected chi connectivity index (χ3v) is 8.46. The number of fused-ring (bicyclic) bond motifs is 1. The summed E-state index contributed by atoms with van der Waals surface area (Å²) in [6.07, 6.45) is 7.08. The molecule has 3 rings (SSSR count). The molecule has 1 aromatic carbocycles. The first-order chi connectivity index (χ1) is 13.9. The van der Waals surface area contributed by atoms with Crippen LogP contribution >= 0.6 is 31.9 Å². The number of ether oxygens (including phenoxy) is 1. The minimum atomic E-state index is -0.272. The highest BCUT2D eigenvalue weighted by Crippen LogP contribution is 2.44. The van der Waals surface area contributed by atoms with Gasteiger partial charge in [0, 0.05) is 16.1 Å². The zero-order valence-electron chi connectivity index (χ0n) is 16.6. The van der Waals surface area contributed by atoms with Crippen molar-refractivity contribution in [3.8, 4) is 5.75 Å². The van der Waals surface area contributed by atoms with Crippen molar-refractivity contribution in [1.82, 2.24) is 0 Å². The van der Waals surface area contributed by atoms with Gasteiger partial charge in [-0.1, -0.05) is 64.5 Å². The summed E-state index contributed by atoms with van der Waals surface area (Å²) in [7, 11) is 0. The molecule has 7 heteroatoms. The zero-order chi connectivity index (χ0) is 21.0. The Morgan fingerprint density at radius 1 is 0.966 bits per heavy atom. The van der Waals surface area contributed by atoms with Gasteiger partial charge in [-0.2, -0.15) is 0 Å². The van der Waals surface area contributed by atoms with Crippen molar-refractivity contribution < 1.29 is 19.1 Å². The molecule has 0 spiro atoms. The van der Waals surface area contributed by atoms with Gasteiger partial charge in [0.25, 0.3) is 0 Å². The largest absolute Gasteiger partial charge is 0.427 e. The average molecular weight is 529 g/mol. The molecular weight excluding hydrogens is 502 g/mol. The fourth-order valence-corrected chi connectivity index (χ4v) is 5.31. The van der Waals surface area contributed by atoms with Crippen LogP contribution in [0.5, 0.6) is 5.75 Å². The molecule has 5 nitrogen and oxygen atoms in total. The van der Waals surface area contributed by atoms with E-state index in [0.717, 1.165) is 19.3 Å². The SMILES string of the molecule is CCCCCCCC(=O)Oc1ccc(N2C(=O)[C@H]3C[C@H](Br)[C@@H](Br)C[C@H]3C2=O)cc1. The summed E-state index contributed by atoms with van der Waals surface area (Å²) in [5.74, 6) is -0.636. The number of esters is 1. The Hall–Kier alpha value is -1.21. The Bertz CT molecular complexity index is 724. The van der Waals surface area contributed by atoms with Crippen LogP contribution in [0.15, 0.2) is 24.3 Å². The predicted octanol–water partition coefficient (Wildman–Crippen LogP) is 5.38. The number of unbranched alkanes of at least 4 members (excludes halogenated alkanes) is 4. The highest BCUT2D eigenvalue weighted by molar-refractivity contribution is 9.12. The minimum Gasteiger partial charge on any atom is -0.427 e. The van der Waals surface area contributed by atoms with Crippen molar-refractivity contribution in [3.05, 3.63) is 24.3 Å². The smallest absolute Gasteiger partial charge is 0.311 e. The number of rotatable bonds is 8. The molecule has 1 heterocycles. The van der Waals surface area contributed by atoms with E-state index in [2.05, 4.69) is 38.8 Å². The molecular formula is C22H27Br2NO4. The average Bonchev–Trinajstić information content (AvgIpc) is 2.93. The van der Waals surface area contributed by atoms with Crippen LogP contribution in [0.4, 0.5) is 5.69 Å². The quantitative estimate of drug-likeness (QED) is 0.149. The van der Waals surface area contributed by atoms with Gasteiger partial charge in [0.2, 0.25) is 11.8 Å². The Morgan fingerprint density at radius 3 is 2.07 bits per heavy atom. The number of carbonyl (C=O) groups is 3. The Morgan fingerprint density at radius 2 is 1.52 bits per heavy atom. The third-order valence-electron chi connectivity index (χ3n) is 5.72. The molecule has 0 N–H and O–H groups in total. The number of nitrogens with zero attached hydrogens (tertiary/aromatic N) is 1. The second-order valence-electron chi connectivity index (χ2n) is 7.86. The number of halogens is 2. The van der Waals surface area contributed by atoms with E-state index in [1.165, 1.54) is 17.7 Å². The van der Waals surface area contributed by atoms with Gasteiger partial charge in [0.05, 0.1) is 17.5 Å². The van der Waals surface area contributed by atoms with Gasteiger partial charge in [-0.25, -0.2) is 0 Å². The summed E-state index contributed by atoms with van der Waals surface area (Å²) in [6.45, 7) is 2.16. The van der Waals surface area contributed by atoms with E-state index < -0.39 is 0 Å². The standard InChI is InChI=1S/C22H27Br2NO4/c1-2-3-4-5-6-7-20(26)29-15-10-8-14(9-11-15)25-21(27)16-12-18(23)19(24)13-17(16)22(25)28/h8-11,16-19H,2-7,12-13H2,1H3/t16-,17+,18-,19-/m0/s1. The van der Waals surface area contributed by atoms with Gasteiger partial charge >= 0.3 is 5.97 Å². The monoisotopic (exact) mass is 527 g/mol. The van der Waals surface area contributed by atoms with Crippen LogP contribution in [0, 0.1) is 11.8 Å². The van der Waals surface area contributed by atoms with E-state index in [1.807, 2.05) is 0 Å². The highest BCUT2D eigenvalue weighted by Gasteiger charge is 2.52. The summed E-state index contributed by atoms with van der Waals surface area (Å²) in [5.41, 5.74) is 0.533. The van der Waals surface area contributed by atoms with Crippen LogP contribution in [-0.2, 0) is 14.4 Å². The van der Waals surface area contributed by atoms with E-state index in [4.69, 9.17) is 4.74 Å². The van der Waals surface area contributed by atoms with Crippen molar-refractivity contribution >= 4 is 55.3 Å². The number of alkyl halides is 2. The lowest BCUT2D eigenvalue weighted by atomic mass is 9.81. The summed E-state index contributed by atoms with van der Waals surface area (Å²) < 4.78 is 5.38. The molecule has 0 unspecified atom stereocenters. The maximum atomic E-state index is 12.8. The van der Waals surface area contributed by atoms with E-state index in [-0.39, 0.29) is 39.3 Å². The molecule has 1 saturated carbocycles. The highest BCUT2D eigenvalue weighted by atomic mass is 79.9. The number of benzene rings is 1. The third kappa shape index (κ3) is 5.29. The Kier molecular flexibility index (Phi) is 7.91. The van der Waals surface area contributed by atoms with Gasteiger partial charge in [-0.05, 0) is 43.5 Å². The van der Waals surface area contributed by atoms with Gasteiger partial charge in [-0.3, -0.25) is 19.3 Å². The summed E-state index contributed by atoms with van der Waals surface area (Å²) in [5, 5.41) is 0. The molecule has 4 atom stereocenters. The number of hydrogen-bond acceptors (Lipinski definition) is 4. The van der Waals surface area contributed by atoms with Gasteiger partial charge in [0.15, 0.2) is 0 Å². The fourth-order valence-electron chi connectivity index (χ4n) is 4.07. The lowest BCUT2D eigenvalue weighted by molar-refractivity contribution is -0.134. The first kappa shape index (κ1) is 22.5. The molecule has 1 aliphatic carbocycles. The van der Waals surface area contributed by atoms with E-state index in [9.17, 15) is 14.4 Å². The lowest BCUT2D eigenvalue weighted by Crippen LogP contribution is -2.34. The maximum absolute atomic E-state index is 12.8. The number of imide groups is 1. The Labute approximate surface area is 188 Å². The van der Waals surface area contributed by atoms with Crippen LogP contribution in [0.1, 0.15) is 58.3 Å². The van der Waals surface area contributed by atoms with Gasteiger partial charge < -0.3 is 4.74 Å². The number of carbonyl (C=O) groups excluding carboxylic acids is 3. The molecule has 0 aromatic heterocycles. The van der Waals surface area contributed by atoms with Crippen molar-refractivity contribution in [2.45, 2.75) is 67.9 Å². The van der Waals surface area contributed by atoms with Crippen LogP contribution in [-0.4, -0.2) is 27.4 Å². The number of hydrogen-bond donors (Lipinski definition) is 0. The summed E-state index contributed by atoms with van der Waals surface area (Å²) >= 11 is 7.20. The maximum Gasteiger partial charge on any atom is 0.311 e. The molecule has 1 aromatic rings. The molecule has 1 saturated heterocycles. The number of amides is 2. The molecule has 158 valence electrons. The number of anilines is 1. The van der Waals surface area contributed by atoms with E-state index in [1.54, 1.807) is 24.3 Å². The van der Waals surface area contributed by atoms with Crippen molar-refractivity contribution in [1.29, 1.82) is 0 Å². The Balaban J connectivity index is 1.58. The fraction of sp³-hybridized carbons (Fsp3) is 0.591. The lowest BCUT2D eigenvalue weighted by Gasteiger charge is -2.29. The normalized spacial score (nSPS) is 26.5. The van der Waals surface area contributed by atoms with Crippen LogP contribution in [0.2, 0.25) is 0 Å². The van der Waals surface area contributed by atoms with Crippen molar-refractivity contribution in [2.24, 2.45) is 11.8 Å². The van der Waals surface area contributed by atoms with Gasteiger partial charge in [-0.15, -0.1) is 0 Å². The molecule has 0 radical (unpaired) electrons. The summed E-state index contributed by atoms with van der Waals surface area (Å²) in [4.78, 5) is 39.3.